The average molecular weight is 529 g/mol. The predicted octanol–water partition coefficient (Wildman–Crippen LogP) is 7.02. The fourth-order valence-electron chi connectivity index (χ4n) is 3.27. The fourth-order valence-corrected chi connectivity index (χ4v) is 6.24. The van der Waals surface area contributed by atoms with Crippen molar-refractivity contribution in [1.82, 2.24) is 9.97 Å². The summed E-state index contributed by atoms with van der Waals surface area (Å²) < 4.78 is 10.9. The first kappa shape index (κ1) is 27.3. The molecule has 1 N–H and O–H groups in total. The molecule has 0 saturated heterocycles. The van der Waals surface area contributed by atoms with E-state index in [0.717, 1.165) is 43.2 Å². The summed E-state index contributed by atoms with van der Waals surface area (Å²) in [5.41, 5.74) is 3.09. The van der Waals surface area contributed by atoms with Gasteiger partial charge in [-0.3, -0.25) is 0 Å². The first-order valence-electron chi connectivity index (χ1n) is 11.1. The van der Waals surface area contributed by atoms with Crippen LogP contribution in [0, 0.1) is 13.8 Å². The molecular weight excluding hydrogens is 497 g/mol. The van der Waals surface area contributed by atoms with Crippen molar-refractivity contribution < 1.29 is 14.6 Å². The smallest absolute Gasteiger partial charge is 0.188 e. The van der Waals surface area contributed by atoms with Gasteiger partial charge in [0.2, 0.25) is 0 Å². The van der Waals surface area contributed by atoms with E-state index in [-0.39, 0.29) is 0 Å². The van der Waals surface area contributed by atoms with E-state index < -0.39 is 5.60 Å². The van der Waals surface area contributed by atoms with Crippen LogP contribution >= 0.6 is 34.9 Å². The standard InChI is InChI=1S/C27H32N2O3S3/c1-17(15-34-26-28-18(2)13-19(3)29-26)12-24(20-8-10-22(31-6)23(14-20)32-7)33-16-21-9-11-25(35-21)27(4,5)30/h8-14,30H,1,15-16H2,2-7H3/b24-12-. The molecular formula is C27H32N2O3S3. The van der Waals surface area contributed by atoms with Gasteiger partial charge in [0.25, 0.3) is 0 Å². The third-order valence-corrected chi connectivity index (χ3v) is 8.64. The highest BCUT2D eigenvalue weighted by molar-refractivity contribution is 8.07. The van der Waals surface area contributed by atoms with Crippen LogP contribution in [0.1, 0.15) is 40.6 Å². The van der Waals surface area contributed by atoms with Crippen LogP contribution in [0.15, 0.2) is 59.8 Å². The van der Waals surface area contributed by atoms with Crippen molar-refractivity contribution in [2.45, 2.75) is 44.2 Å². The summed E-state index contributed by atoms with van der Waals surface area (Å²) in [6.45, 7) is 11.9. The number of methoxy groups -OCH3 is 2. The van der Waals surface area contributed by atoms with Crippen molar-refractivity contribution >= 4 is 39.8 Å². The van der Waals surface area contributed by atoms with Crippen molar-refractivity contribution in [1.29, 1.82) is 0 Å². The Hall–Kier alpha value is -2.26. The molecule has 0 saturated carbocycles. The van der Waals surface area contributed by atoms with Crippen molar-refractivity contribution in [3.63, 3.8) is 0 Å². The summed E-state index contributed by atoms with van der Waals surface area (Å²) in [6, 6.07) is 12.0. The van der Waals surface area contributed by atoms with Gasteiger partial charge < -0.3 is 14.6 Å². The van der Waals surface area contributed by atoms with Crippen molar-refractivity contribution in [3.05, 3.63) is 81.3 Å². The maximum atomic E-state index is 10.3. The van der Waals surface area contributed by atoms with Gasteiger partial charge in [-0.25, -0.2) is 9.97 Å². The number of aromatic nitrogens is 2. The van der Waals surface area contributed by atoms with Gasteiger partial charge >= 0.3 is 0 Å². The molecule has 0 spiro atoms. The molecule has 2 aromatic heterocycles. The van der Waals surface area contributed by atoms with Gasteiger partial charge in [-0.15, -0.1) is 23.1 Å². The third kappa shape index (κ3) is 7.87. The molecule has 3 rings (SSSR count). The summed E-state index contributed by atoms with van der Waals surface area (Å²) in [4.78, 5) is 12.3. The van der Waals surface area contributed by atoms with Gasteiger partial charge in [0.05, 0.1) is 19.8 Å². The number of benzene rings is 1. The maximum absolute atomic E-state index is 10.3. The highest BCUT2D eigenvalue weighted by Gasteiger charge is 2.18. The van der Waals surface area contributed by atoms with Gasteiger partial charge in [0.15, 0.2) is 16.7 Å². The van der Waals surface area contributed by atoms with Crippen molar-refractivity contribution in [3.8, 4) is 11.5 Å². The summed E-state index contributed by atoms with van der Waals surface area (Å²) in [5.74, 6) is 2.83. The molecule has 0 aliphatic rings. The van der Waals surface area contributed by atoms with Crippen LogP contribution in [0.4, 0.5) is 0 Å². The van der Waals surface area contributed by atoms with E-state index in [9.17, 15) is 5.11 Å². The molecule has 0 atom stereocenters. The highest BCUT2D eigenvalue weighted by Crippen LogP contribution is 2.39. The minimum absolute atomic E-state index is 0.681. The number of aryl methyl sites for hydroxylation is 2. The fraction of sp³-hybridized carbons (Fsp3) is 0.333. The first-order valence-corrected chi connectivity index (χ1v) is 13.9. The lowest BCUT2D eigenvalue weighted by molar-refractivity contribution is 0.0825. The summed E-state index contributed by atoms with van der Waals surface area (Å²) in [7, 11) is 3.27. The lowest BCUT2D eigenvalue weighted by Crippen LogP contribution is -2.12. The zero-order valence-electron chi connectivity index (χ0n) is 21.0. The number of allylic oxidation sites excluding steroid dienone is 1. The number of hydrogen-bond donors (Lipinski definition) is 1. The molecule has 0 unspecified atom stereocenters. The number of thioether (sulfide) groups is 2. The van der Waals surface area contributed by atoms with Crippen LogP contribution < -0.4 is 9.47 Å². The second-order valence-corrected chi connectivity index (χ2v) is 11.7. The monoisotopic (exact) mass is 528 g/mol. The van der Waals surface area contributed by atoms with Crippen LogP contribution in [0.25, 0.3) is 4.91 Å². The molecule has 2 heterocycles. The molecule has 0 amide bonds. The molecule has 0 radical (unpaired) electrons. The quantitative estimate of drug-likeness (QED) is 0.163. The van der Waals surface area contributed by atoms with Crippen LogP contribution in [-0.2, 0) is 11.4 Å². The Morgan fingerprint density at radius 3 is 2.34 bits per heavy atom. The topological polar surface area (TPSA) is 64.5 Å². The van der Waals surface area contributed by atoms with E-state index in [1.807, 2.05) is 58.0 Å². The maximum Gasteiger partial charge on any atom is 0.188 e. The summed E-state index contributed by atoms with van der Waals surface area (Å²) >= 11 is 4.95. The van der Waals surface area contributed by atoms with Crippen LogP contribution in [0.3, 0.4) is 0 Å². The van der Waals surface area contributed by atoms with Crippen LogP contribution in [0.2, 0.25) is 0 Å². The summed E-state index contributed by atoms with van der Waals surface area (Å²) in [6.07, 6.45) is 2.12. The Morgan fingerprint density at radius 1 is 1.06 bits per heavy atom. The van der Waals surface area contributed by atoms with E-state index in [4.69, 9.17) is 9.47 Å². The van der Waals surface area contributed by atoms with E-state index in [1.165, 1.54) is 4.88 Å². The third-order valence-electron chi connectivity index (χ3n) is 4.99. The largest absolute Gasteiger partial charge is 0.493 e. The Balaban J connectivity index is 1.83. The predicted molar refractivity (Wildman–Crippen MR) is 150 cm³/mol. The second kappa shape index (κ2) is 12.1. The number of nitrogens with zero attached hydrogens (tertiary/aromatic N) is 2. The Labute approximate surface area is 220 Å². The lowest BCUT2D eigenvalue weighted by atomic mass is 10.1. The average Bonchev–Trinajstić information content (AvgIpc) is 3.29. The zero-order chi connectivity index (χ0) is 25.6. The van der Waals surface area contributed by atoms with Crippen LogP contribution in [-0.4, -0.2) is 35.0 Å². The van der Waals surface area contributed by atoms with Gasteiger partial charge in [0.1, 0.15) is 0 Å². The molecule has 3 aromatic rings. The van der Waals surface area contributed by atoms with Crippen molar-refractivity contribution in [2.24, 2.45) is 0 Å². The number of hydrogen-bond acceptors (Lipinski definition) is 8. The molecule has 5 nitrogen and oxygen atoms in total. The molecule has 0 aliphatic carbocycles. The minimum atomic E-state index is -0.836. The van der Waals surface area contributed by atoms with Gasteiger partial charge in [-0.1, -0.05) is 18.3 Å². The van der Waals surface area contributed by atoms with Gasteiger partial charge in [-0.2, -0.15) is 0 Å². The molecule has 8 heteroatoms. The van der Waals surface area contributed by atoms with E-state index in [0.29, 0.717) is 17.3 Å². The minimum Gasteiger partial charge on any atom is -0.493 e. The number of thiophene rings is 1. The summed E-state index contributed by atoms with van der Waals surface area (Å²) in [5, 5.41) is 11.1. The first-order chi connectivity index (χ1) is 16.6. The van der Waals surface area contributed by atoms with E-state index >= 15 is 0 Å². The van der Waals surface area contributed by atoms with E-state index in [2.05, 4.69) is 28.7 Å². The number of aliphatic hydroxyl groups is 1. The molecule has 35 heavy (non-hydrogen) atoms. The number of ether oxygens (including phenoxy) is 2. The molecule has 0 bridgehead atoms. The molecule has 0 fully saturated rings. The van der Waals surface area contributed by atoms with Crippen molar-refractivity contribution in [2.75, 3.05) is 20.0 Å². The highest BCUT2D eigenvalue weighted by atomic mass is 32.2. The lowest BCUT2D eigenvalue weighted by Gasteiger charge is -2.14. The SMILES string of the molecule is C=C(/C=C(\SCc1ccc(C(C)(C)O)s1)c1ccc(OC)c(OC)c1)CSc1nc(C)cc(C)n1. The van der Waals surface area contributed by atoms with Gasteiger partial charge in [-0.05, 0) is 81.3 Å². The second-order valence-electron chi connectivity index (χ2n) is 8.57. The van der Waals surface area contributed by atoms with Crippen LogP contribution in [0.5, 0.6) is 11.5 Å². The number of rotatable bonds is 11. The Kier molecular flexibility index (Phi) is 9.47. The normalized spacial score (nSPS) is 12.0. The molecule has 1 aromatic carbocycles. The Morgan fingerprint density at radius 2 is 1.74 bits per heavy atom. The zero-order valence-corrected chi connectivity index (χ0v) is 23.5. The van der Waals surface area contributed by atoms with Gasteiger partial charge in [0, 0.05) is 37.6 Å². The molecule has 186 valence electrons. The van der Waals surface area contributed by atoms with E-state index in [1.54, 1.807) is 49.1 Å². The molecule has 0 aliphatic heterocycles. The Bertz CT molecular complexity index is 1190.